The molecule has 2 fully saturated rings. The number of aromatic nitrogens is 2. The Hall–Kier alpha value is -4.78. The zero-order chi connectivity index (χ0) is 45.1. The van der Waals surface area contributed by atoms with Crippen molar-refractivity contribution in [3.8, 4) is 0 Å². The summed E-state index contributed by atoms with van der Waals surface area (Å²) in [6.07, 6.45) is -4.08. The number of nitrogens with one attached hydrogen (secondary N) is 6. The molecule has 0 spiro atoms. The number of hydrogen-bond acceptors (Lipinski definition) is 15. The molecule has 60 heavy (non-hydrogen) atoms. The number of nitrogens with zero attached hydrogens (tertiary/aromatic N) is 2. The zero-order valence-electron chi connectivity index (χ0n) is 34.2. The van der Waals surface area contributed by atoms with Gasteiger partial charge in [0.1, 0.15) is 48.5 Å². The van der Waals surface area contributed by atoms with E-state index < -0.39 is 140 Å². The number of aliphatic carboxylic acids is 2. The van der Waals surface area contributed by atoms with Crippen molar-refractivity contribution in [2.45, 2.75) is 140 Å². The summed E-state index contributed by atoms with van der Waals surface area (Å²) in [6, 6.07) is -8.37. The van der Waals surface area contributed by atoms with E-state index in [9.17, 15) is 64.2 Å². The van der Waals surface area contributed by atoms with Gasteiger partial charge in [-0.05, 0) is 44.4 Å². The number of carbonyl (C=O) groups is 7. The Labute approximate surface area is 346 Å². The molecule has 0 saturated carbocycles. The molecule has 3 heterocycles. The highest BCUT2D eigenvalue weighted by molar-refractivity contribution is 5.97. The maximum Gasteiger partial charge on any atom is 0.326 e. The van der Waals surface area contributed by atoms with Gasteiger partial charge < -0.3 is 71.6 Å². The van der Waals surface area contributed by atoms with Crippen LogP contribution in [0.1, 0.15) is 72.4 Å². The van der Waals surface area contributed by atoms with E-state index in [0.29, 0.717) is 12.1 Å². The number of carbonyl (C=O) groups excluding carboxylic acids is 5. The second-order valence-electron chi connectivity index (χ2n) is 16.0. The van der Waals surface area contributed by atoms with Gasteiger partial charge >= 0.3 is 11.9 Å². The van der Waals surface area contributed by atoms with Gasteiger partial charge in [-0.3, -0.25) is 34.1 Å². The first kappa shape index (κ1) is 49.6. The van der Waals surface area contributed by atoms with Crippen molar-refractivity contribution in [2.75, 3.05) is 19.8 Å². The summed E-state index contributed by atoms with van der Waals surface area (Å²) in [7, 11) is 0. The molecule has 2 aliphatic rings. The topological polar surface area (TPSA) is 362 Å². The average Bonchev–Trinajstić information content (AvgIpc) is 3.94. The number of imidazole rings is 1. The largest absolute Gasteiger partial charge is 0.481 e. The van der Waals surface area contributed by atoms with Gasteiger partial charge in [0, 0.05) is 31.3 Å². The lowest BCUT2D eigenvalue weighted by atomic mass is 9.97. The molecule has 0 aliphatic carbocycles. The van der Waals surface area contributed by atoms with E-state index >= 15 is 0 Å². The maximum absolute atomic E-state index is 14.1. The average molecular weight is 857 g/mol. The Kier molecular flexibility index (Phi) is 18.3. The Morgan fingerprint density at radius 1 is 0.917 bits per heavy atom. The highest BCUT2D eigenvalue weighted by atomic mass is 16.6. The van der Waals surface area contributed by atoms with E-state index in [2.05, 4.69) is 36.6 Å². The Morgan fingerprint density at radius 3 is 2.08 bits per heavy atom. The molecule has 0 radical (unpaired) electrons. The summed E-state index contributed by atoms with van der Waals surface area (Å²) in [5, 5.41) is 83.0. The summed E-state index contributed by atoms with van der Waals surface area (Å²) in [6.45, 7) is 6.40. The van der Waals surface area contributed by atoms with E-state index in [4.69, 9.17) is 9.84 Å². The fourth-order valence-corrected chi connectivity index (χ4v) is 7.11. The van der Waals surface area contributed by atoms with Gasteiger partial charge in [-0.1, -0.05) is 27.7 Å². The molecular formula is C37H60N8O15. The molecule has 1 aromatic rings. The second-order valence-corrected chi connectivity index (χ2v) is 16.0. The summed E-state index contributed by atoms with van der Waals surface area (Å²) < 4.78 is 5.58. The van der Waals surface area contributed by atoms with Gasteiger partial charge in [-0.15, -0.1) is 0 Å². The normalized spacial score (nSPS) is 24.6. The predicted octanol–water partition coefficient (Wildman–Crippen LogP) is -4.33. The van der Waals surface area contributed by atoms with Crippen molar-refractivity contribution in [3.63, 3.8) is 0 Å². The summed E-state index contributed by atoms with van der Waals surface area (Å²) in [5.41, 5.74) is -1.66. The minimum absolute atomic E-state index is 0.0172. The van der Waals surface area contributed by atoms with Gasteiger partial charge in [0.2, 0.25) is 29.5 Å². The minimum atomic E-state index is -2.07. The lowest BCUT2D eigenvalue weighted by Gasteiger charge is -2.36. The first-order chi connectivity index (χ1) is 28.2. The third-order valence-electron chi connectivity index (χ3n) is 10.4. The van der Waals surface area contributed by atoms with Crippen molar-refractivity contribution in [2.24, 2.45) is 11.8 Å². The van der Waals surface area contributed by atoms with Crippen LogP contribution in [0, 0.1) is 11.8 Å². The lowest BCUT2D eigenvalue weighted by Crippen LogP contribution is -2.66. The van der Waals surface area contributed by atoms with Crippen LogP contribution in [0.2, 0.25) is 0 Å². The maximum atomic E-state index is 14.1. The zero-order valence-corrected chi connectivity index (χ0v) is 34.2. The molecule has 0 aromatic carbocycles. The molecule has 0 unspecified atom stereocenters. The molecule has 1 aromatic heterocycles. The number of aliphatic hydroxyl groups is 5. The van der Waals surface area contributed by atoms with Crippen molar-refractivity contribution in [1.82, 2.24) is 41.5 Å². The molecular weight excluding hydrogens is 796 g/mol. The monoisotopic (exact) mass is 856 g/mol. The SMILES string of the molecule is CC(C)C[C@H](NC(=O)[C@H](Cc1cnc[nH]1)NC(=O)[C@@H](N[C@@]1(CO)O[C@H](CO)[C@@H](O)[C@@H]1O)C(C)C)C(=O)N[C@H](C(=O)N1CCC[C@H]1C(=O)N[C@@H](CCC(=O)O)C(=O)O)[C@@H](C)O. The van der Waals surface area contributed by atoms with Crippen LogP contribution in [0.5, 0.6) is 0 Å². The fourth-order valence-electron chi connectivity index (χ4n) is 7.11. The number of H-pyrrole nitrogens is 1. The van der Waals surface area contributed by atoms with Crippen LogP contribution in [0.4, 0.5) is 0 Å². The van der Waals surface area contributed by atoms with Gasteiger partial charge in [0.25, 0.3) is 0 Å². The summed E-state index contributed by atoms with van der Waals surface area (Å²) in [5.74, 6) is -7.80. The predicted molar refractivity (Wildman–Crippen MR) is 206 cm³/mol. The fraction of sp³-hybridized carbons (Fsp3) is 0.730. The van der Waals surface area contributed by atoms with Crippen LogP contribution < -0.4 is 26.6 Å². The van der Waals surface area contributed by atoms with E-state index in [1.165, 1.54) is 19.4 Å². The van der Waals surface area contributed by atoms with Crippen LogP contribution in [0.3, 0.4) is 0 Å². The number of carboxylic acids is 2. The third kappa shape index (κ3) is 12.9. The number of carboxylic acid groups (broad SMARTS) is 2. The molecule has 3 rings (SSSR count). The van der Waals surface area contributed by atoms with Crippen LogP contribution >= 0.6 is 0 Å². The molecule has 13 N–H and O–H groups in total. The highest BCUT2D eigenvalue weighted by Crippen LogP contribution is 2.30. The summed E-state index contributed by atoms with van der Waals surface area (Å²) >= 11 is 0. The molecule has 2 saturated heterocycles. The van der Waals surface area contributed by atoms with E-state index in [0.717, 1.165) is 4.90 Å². The third-order valence-corrected chi connectivity index (χ3v) is 10.4. The van der Waals surface area contributed by atoms with Gasteiger partial charge in [0.05, 0.1) is 31.7 Å². The smallest absolute Gasteiger partial charge is 0.326 e. The highest BCUT2D eigenvalue weighted by Gasteiger charge is 2.55. The number of hydrogen-bond donors (Lipinski definition) is 13. The molecule has 23 nitrogen and oxygen atoms in total. The Bertz CT molecular complexity index is 1650. The quantitative estimate of drug-likeness (QED) is 0.0495. The number of aliphatic hydroxyl groups excluding tert-OH is 5. The molecule has 5 amide bonds. The molecule has 23 heteroatoms. The Balaban J connectivity index is 1.83. The van der Waals surface area contributed by atoms with Crippen LogP contribution in [-0.4, -0.2) is 178 Å². The van der Waals surface area contributed by atoms with Crippen LogP contribution in [0.25, 0.3) is 0 Å². The molecule has 338 valence electrons. The van der Waals surface area contributed by atoms with E-state index in [-0.39, 0.29) is 31.7 Å². The number of aromatic amines is 1. The van der Waals surface area contributed by atoms with Crippen molar-refractivity contribution < 1.29 is 74.0 Å². The van der Waals surface area contributed by atoms with E-state index in [1.54, 1.807) is 27.7 Å². The van der Waals surface area contributed by atoms with Crippen molar-refractivity contribution >= 4 is 41.5 Å². The number of likely N-dealkylation sites (tertiary alicyclic amines) is 1. The molecule has 0 bridgehead atoms. The first-order valence-corrected chi connectivity index (χ1v) is 19.8. The molecule has 11 atom stereocenters. The number of amides is 5. The van der Waals surface area contributed by atoms with Gasteiger partial charge in [-0.25, -0.2) is 9.78 Å². The number of ether oxygens (including phenoxy) is 1. The summed E-state index contributed by atoms with van der Waals surface area (Å²) in [4.78, 5) is 99.6. The minimum Gasteiger partial charge on any atom is -0.481 e. The van der Waals surface area contributed by atoms with E-state index in [1.807, 2.05) is 0 Å². The standard InChI is InChI=1S/C37H60N8O15/c1-17(2)11-22(32(54)43-28(19(5)48)35(57)45-10-6-7-24(45)33(55)40-21(36(58)59)8-9-26(49)50)41-31(53)23(12-20-13-38-16-39-20)42-34(56)27(18(3)4)44-37(15-47)30(52)29(51)25(14-46)60-37/h13,16-19,21-25,27-30,44,46-48,51-52H,6-12,14-15H2,1-5H3,(H,38,39)(H,40,55)(H,41,53)(H,42,56)(H,43,54)(H,49,50)(H,58,59)/t19-,21+,22+,23+,24+,25-,27+,28+,29-,30+,37+/m1/s1. The Morgan fingerprint density at radius 2 is 1.57 bits per heavy atom. The lowest BCUT2D eigenvalue weighted by molar-refractivity contribution is -0.153. The van der Waals surface area contributed by atoms with Crippen LogP contribution in [-0.2, 0) is 44.7 Å². The van der Waals surface area contributed by atoms with Gasteiger partial charge in [-0.2, -0.15) is 0 Å². The first-order valence-electron chi connectivity index (χ1n) is 19.8. The van der Waals surface area contributed by atoms with Gasteiger partial charge in [0.15, 0.2) is 5.72 Å². The van der Waals surface area contributed by atoms with Crippen molar-refractivity contribution in [3.05, 3.63) is 18.2 Å². The number of rotatable bonds is 23. The molecule has 2 aliphatic heterocycles. The second kappa shape index (κ2) is 22.2. The van der Waals surface area contributed by atoms with Crippen LogP contribution in [0.15, 0.2) is 12.5 Å². The van der Waals surface area contributed by atoms with Crippen molar-refractivity contribution in [1.29, 1.82) is 0 Å².